The molecule has 2 aromatic carbocycles. The number of amides is 1. The van der Waals surface area contributed by atoms with Crippen molar-refractivity contribution in [2.75, 3.05) is 5.32 Å². The number of para-hydroxylation sites is 2. The molecule has 3 N–H and O–H groups in total. The molecule has 0 radical (unpaired) electrons. The van der Waals surface area contributed by atoms with Gasteiger partial charge in [-0.05, 0) is 69.5 Å². The molecule has 8 nitrogen and oxygen atoms in total. The smallest absolute Gasteiger partial charge is 0.326 e. The van der Waals surface area contributed by atoms with E-state index < -0.39 is 17.9 Å². The highest BCUT2D eigenvalue weighted by Gasteiger charge is 2.22. The van der Waals surface area contributed by atoms with Crippen molar-refractivity contribution in [1.82, 2.24) is 15.3 Å². The van der Waals surface area contributed by atoms with E-state index in [1.807, 2.05) is 58.9 Å². The second-order valence-corrected chi connectivity index (χ2v) is 9.36. The summed E-state index contributed by atoms with van der Waals surface area (Å²) in [5.41, 5.74) is 1.54. The quantitative estimate of drug-likeness (QED) is 0.449. The zero-order valence-electron chi connectivity index (χ0n) is 19.5. The molecule has 1 heterocycles. The lowest BCUT2D eigenvalue weighted by Crippen LogP contribution is -2.41. The number of anilines is 1. The molecule has 1 amide bonds. The van der Waals surface area contributed by atoms with Crippen LogP contribution in [0.5, 0.6) is 11.6 Å². The second kappa shape index (κ2) is 9.85. The number of nitrogens with one attached hydrogen (secondary N) is 2. The number of hydrogen-bond donors (Lipinski definition) is 3. The van der Waals surface area contributed by atoms with Crippen LogP contribution in [0.3, 0.4) is 0 Å². The molecule has 8 heteroatoms. The highest BCUT2D eigenvalue weighted by Crippen LogP contribution is 2.30. The van der Waals surface area contributed by atoms with E-state index in [4.69, 9.17) is 4.74 Å². The number of fused-ring (bicyclic) bond motifs is 1. The summed E-state index contributed by atoms with van der Waals surface area (Å²) in [6, 6.07) is 13.1. The fourth-order valence-electron chi connectivity index (χ4n) is 3.21. The molecular weight excluding hydrogens is 420 g/mol. The Morgan fingerprint density at radius 2 is 1.61 bits per heavy atom. The van der Waals surface area contributed by atoms with E-state index in [1.165, 1.54) is 0 Å². The van der Waals surface area contributed by atoms with Crippen LogP contribution in [0.4, 0.5) is 5.82 Å². The Labute approximate surface area is 193 Å². The zero-order chi connectivity index (χ0) is 24.2. The summed E-state index contributed by atoms with van der Waals surface area (Å²) in [6.07, 6.45) is 0.354. The maximum absolute atomic E-state index is 12.5. The van der Waals surface area contributed by atoms with Crippen molar-refractivity contribution in [3.05, 3.63) is 54.1 Å². The molecular formula is C25H30N4O4. The predicted molar refractivity (Wildman–Crippen MR) is 128 cm³/mol. The number of carbonyl (C=O) groups is 2. The van der Waals surface area contributed by atoms with E-state index in [1.54, 1.807) is 24.3 Å². The van der Waals surface area contributed by atoms with Gasteiger partial charge in [-0.25, -0.2) is 14.8 Å². The van der Waals surface area contributed by atoms with Crippen LogP contribution in [0.25, 0.3) is 11.0 Å². The van der Waals surface area contributed by atoms with Gasteiger partial charge in [0, 0.05) is 11.1 Å². The van der Waals surface area contributed by atoms with Gasteiger partial charge in [-0.2, -0.15) is 0 Å². The van der Waals surface area contributed by atoms with E-state index in [9.17, 15) is 14.7 Å². The highest BCUT2D eigenvalue weighted by atomic mass is 16.5. The monoisotopic (exact) mass is 450 g/mol. The van der Waals surface area contributed by atoms with Crippen LogP contribution >= 0.6 is 0 Å². The highest BCUT2D eigenvalue weighted by molar-refractivity contribution is 5.96. The first-order valence-corrected chi connectivity index (χ1v) is 10.9. The van der Waals surface area contributed by atoms with Crippen LogP contribution in [0.15, 0.2) is 48.5 Å². The Balaban J connectivity index is 1.81. The number of ether oxygens (including phenoxy) is 1. The van der Waals surface area contributed by atoms with Crippen molar-refractivity contribution in [3.8, 4) is 11.6 Å². The number of aromatic nitrogens is 2. The number of carboxylic acid groups (broad SMARTS) is 1. The lowest BCUT2D eigenvalue weighted by molar-refractivity contribution is -0.139. The third-order valence-electron chi connectivity index (χ3n) is 4.67. The first-order chi connectivity index (χ1) is 15.5. The van der Waals surface area contributed by atoms with Crippen LogP contribution in [-0.4, -0.2) is 38.5 Å². The minimum Gasteiger partial charge on any atom is -0.480 e. The molecule has 0 aliphatic heterocycles. The summed E-state index contributed by atoms with van der Waals surface area (Å²) >= 11 is 0. The van der Waals surface area contributed by atoms with Gasteiger partial charge in [0.25, 0.3) is 11.8 Å². The van der Waals surface area contributed by atoms with E-state index in [0.29, 0.717) is 34.9 Å². The molecule has 0 aliphatic rings. The molecule has 1 atom stereocenters. The van der Waals surface area contributed by atoms with Gasteiger partial charge in [0.2, 0.25) is 0 Å². The summed E-state index contributed by atoms with van der Waals surface area (Å²) in [5, 5.41) is 15.3. The van der Waals surface area contributed by atoms with Gasteiger partial charge in [-0.3, -0.25) is 4.79 Å². The zero-order valence-corrected chi connectivity index (χ0v) is 19.5. The van der Waals surface area contributed by atoms with Crippen LogP contribution < -0.4 is 15.4 Å². The molecule has 3 aromatic rings. The van der Waals surface area contributed by atoms with Crippen LogP contribution in [0.1, 0.15) is 51.4 Å². The van der Waals surface area contributed by atoms with Crippen molar-refractivity contribution < 1.29 is 19.4 Å². The first-order valence-electron chi connectivity index (χ1n) is 10.9. The molecule has 0 saturated heterocycles. The van der Waals surface area contributed by atoms with Crippen molar-refractivity contribution in [2.24, 2.45) is 5.92 Å². The number of carboxylic acids is 1. The third kappa shape index (κ3) is 6.65. The summed E-state index contributed by atoms with van der Waals surface area (Å²) < 4.78 is 6.01. The van der Waals surface area contributed by atoms with Gasteiger partial charge in [-0.1, -0.05) is 26.0 Å². The fraction of sp³-hybridized carbons (Fsp3) is 0.360. The van der Waals surface area contributed by atoms with E-state index in [0.717, 1.165) is 5.52 Å². The van der Waals surface area contributed by atoms with Gasteiger partial charge in [0.15, 0.2) is 5.82 Å². The van der Waals surface area contributed by atoms with E-state index in [-0.39, 0.29) is 11.5 Å². The Kier molecular flexibility index (Phi) is 7.16. The average Bonchev–Trinajstić information content (AvgIpc) is 2.72. The number of hydrogen-bond acceptors (Lipinski definition) is 6. The van der Waals surface area contributed by atoms with Crippen molar-refractivity contribution >= 4 is 28.7 Å². The molecule has 3 rings (SSSR count). The van der Waals surface area contributed by atoms with Crippen molar-refractivity contribution in [3.63, 3.8) is 0 Å². The lowest BCUT2D eigenvalue weighted by Gasteiger charge is -2.22. The number of rotatable bonds is 8. The summed E-state index contributed by atoms with van der Waals surface area (Å²) in [4.78, 5) is 33.2. The largest absolute Gasteiger partial charge is 0.480 e. The molecule has 0 spiro atoms. The Hall–Kier alpha value is -3.68. The predicted octanol–water partition coefficient (Wildman–Crippen LogP) is 4.86. The van der Waals surface area contributed by atoms with Gasteiger partial charge >= 0.3 is 5.97 Å². The SMILES string of the molecule is CC(C)C[C@H](NC(=O)c1ccc(Oc2nc3ccccc3nc2NC(C)(C)C)cc1)C(=O)O. The minimum atomic E-state index is -1.05. The molecule has 174 valence electrons. The van der Waals surface area contributed by atoms with Crippen LogP contribution in [0, 0.1) is 5.92 Å². The normalized spacial score (nSPS) is 12.4. The Bertz CT molecular complexity index is 1140. The summed E-state index contributed by atoms with van der Waals surface area (Å²) in [6.45, 7) is 9.87. The standard InChI is InChI=1S/C25H30N4O4/c1-15(2)14-20(24(31)32)27-22(30)16-10-12-17(13-11-16)33-23-21(29-25(3,4)5)26-18-8-6-7-9-19(18)28-23/h6-13,15,20H,14H2,1-5H3,(H,26,29)(H,27,30)(H,31,32)/t20-/m0/s1. The van der Waals surface area contributed by atoms with E-state index >= 15 is 0 Å². The number of aliphatic carboxylic acids is 1. The average molecular weight is 451 g/mol. The number of carbonyl (C=O) groups excluding carboxylic acids is 1. The summed E-state index contributed by atoms with van der Waals surface area (Å²) in [5.74, 6) is -0.0446. The molecule has 33 heavy (non-hydrogen) atoms. The molecule has 0 bridgehead atoms. The molecule has 0 aliphatic carbocycles. The molecule has 0 saturated carbocycles. The molecule has 1 aromatic heterocycles. The number of nitrogens with zero attached hydrogens (tertiary/aromatic N) is 2. The van der Waals surface area contributed by atoms with Gasteiger partial charge in [-0.15, -0.1) is 0 Å². The Morgan fingerprint density at radius 3 is 2.15 bits per heavy atom. The second-order valence-electron chi connectivity index (χ2n) is 9.36. The van der Waals surface area contributed by atoms with Crippen LogP contribution in [-0.2, 0) is 4.79 Å². The minimum absolute atomic E-state index is 0.140. The van der Waals surface area contributed by atoms with Gasteiger partial charge in [0.05, 0.1) is 11.0 Å². The molecule has 0 unspecified atom stereocenters. The Morgan fingerprint density at radius 1 is 1.00 bits per heavy atom. The van der Waals surface area contributed by atoms with E-state index in [2.05, 4.69) is 20.6 Å². The number of benzene rings is 2. The molecule has 0 fully saturated rings. The maximum atomic E-state index is 12.5. The van der Waals surface area contributed by atoms with Crippen molar-refractivity contribution in [1.29, 1.82) is 0 Å². The van der Waals surface area contributed by atoms with Crippen LogP contribution in [0.2, 0.25) is 0 Å². The van der Waals surface area contributed by atoms with Gasteiger partial charge < -0.3 is 20.5 Å². The maximum Gasteiger partial charge on any atom is 0.326 e. The fourth-order valence-corrected chi connectivity index (χ4v) is 3.21. The lowest BCUT2D eigenvalue weighted by atomic mass is 10.0. The summed E-state index contributed by atoms with van der Waals surface area (Å²) in [7, 11) is 0. The topological polar surface area (TPSA) is 113 Å². The third-order valence-corrected chi connectivity index (χ3v) is 4.67. The van der Waals surface area contributed by atoms with Crippen molar-refractivity contribution in [2.45, 2.75) is 52.6 Å². The van der Waals surface area contributed by atoms with Gasteiger partial charge in [0.1, 0.15) is 11.8 Å². The first kappa shape index (κ1) is 24.0.